The predicted molar refractivity (Wildman–Crippen MR) is 73.0 cm³/mol. The van der Waals surface area contributed by atoms with Crippen molar-refractivity contribution >= 4 is 11.9 Å². The van der Waals surface area contributed by atoms with Crippen molar-refractivity contribution < 1.29 is 4.79 Å². The molecule has 1 saturated carbocycles. The van der Waals surface area contributed by atoms with Gasteiger partial charge in [-0.3, -0.25) is 10.2 Å². The van der Waals surface area contributed by atoms with E-state index < -0.39 is 0 Å². The van der Waals surface area contributed by atoms with Crippen LogP contribution in [0.2, 0.25) is 0 Å². The standard InChI is InChI=1S/C13H20N6O/c20-12(11-15-13-14-5-2-6-19(13)16-11)17-18-7-9-3-1-4-10(9)8-18/h9-10H,1-8H2,(H,17,20)(H,14,15,16). The molecule has 3 heterocycles. The fraction of sp³-hybridized carbons (Fsp3) is 0.769. The average molecular weight is 276 g/mol. The molecule has 0 radical (unpaired) electrons. The van der Waals surface area contributed by atoms with Gasteiger partial charge in [0, 0.05) is 26.2 Å². The maximum Gasteiger partial charge on any atom is 0.305 e. The van der Waals surface area contributed by atoms with Gasteiger partial charge in [-0.2, -0.15) is 4.98 Å². The smallest absolute Gasteiger partial charge is 0.305 e. The highest BCUT2D eigenvalue weighted by molar-refractivity contribution is 5.90. The van der Waals surface area contributed by atoms with E-state index in [1.54, 1.807) is 4.68 Å². The molecule has 0 aromatic carbocycles. The van der Waals surface area contributed by atoms with E-state index in [1.165, 1.54) is 19.3 Å². The fourth-order valence-electron chi connectivity index (χ4n) is 3.67. The van der Waals surface area contributed by atoms with Crippen molar-refractivity contribution in [3.05, 3.63) is 5.82 Å². The van der Waals surface area contributed by atoms with Crippen LogP contribution in [0.1, 0.15) is 36.3 Å². The number of nitrogens with one attached hydrogen (secondary N) is 2. The number of hydrazine groups is 1. The number of rotatable bonds is 2. The number of aryl methyl sites for hydroxylation is 1. The summed E-state index contributed by atoms with van der Waals surface area (Å²) in [5, 5.41) is 9.47. The Hall–Kier alpha value is -1.63. The third kappa shape index (κ3) is 2.06. The van der Waals surface area contributed by atoms with Gasteiger partial charge < -0.3 is 5.32 Å². The molecule has 2 fully saturated rings. The number of hydrogen-bond donors (Lipinski definition) is 2. The summed E-state index contributed by atoms with van der Waals surface area (Å²) < 4.78 is 1.77. The van der Waals surface area contributed by atoms with Crippen LogP contribution in [-0.4, -0.2) is 45.3 Å². The lowest BCUT2D eigenvalue weighted by molar-refractivity contribution is 0.0803. The van der Waals surface area contributed by atoms with Crippen molar-refractivity contribution in [2.75, 3.05) is 25.0 Å². The predicted octanol–water partition coefficient (Wildman–Crippen LogP) is 0.470. The zero-order valence-electron chi connectivity index (χ0n) is 11.5. The van der Waals surface area contributed by atoms with Crippen molar-refractivity contribution in [2.45, 2.75) is 32.2 Å². The second kappa shape index (κ2) is 4.73. The van der Waals surface area contributed by atoms with Crippen LogP contribution in [0.3, 0.4) is 0 Å². The van der Waals surface area contributed by atoms with Crippen molar-refractivity contribution in [1.82, 2.24) is 25.2 Å². The number of carbonyl (C=O) groups is 1. The number of anilines is 1. The van der Waals surface area contributed by atoms with Gasteiger partial charge in [0.15, 0.2) is 0 Å². The molecule has 2 atom stereocenters. The summed E-state index contributed by atoms with van der Waals surface area (Å²) >= 11 is 0. The minimum Gasteiger partial charge on any atom is -0.354 e. The van der Waals surface area contributed by atoms with E-state index in [4.69, 9.17) is 0 Å². The Morgan fingerprint density at radius 1 is 1.25 bits per heavy atom. The molecular formula is C13H20N6O. The topological polar surface area (TPSA) is 75.1 Å². The van der Waals surface area contributed by atoms with Gasteiger partial charge in [0.1, 0.15) is 0 Å². The molecule has 1 aromatic rings. The third-order valence-electron chi connectivity index (χ3n) is 4.69. The van der Waals surface area contributed by atoms with Gasteiger partial charge in [-0.05, 0) is 31.1 Å². The summed E-state index contributed by atoms with van der Waals surface area (Å²) in [4.78, 5) is 16.5. The minimum absolute atomic E-state index is 0.186. The van der Waals surface area contributed by atoms with Crippen molar-refractivity contribution in [2.24, 2.45) is 11.8 Å². The Kier molecular flexibility index (Phi) is 2.87. The third-order valence-corrected chi connectivity index (χ3v) is 4.69. The van der Waals surface area contributed by atoms with Crippen molar-refractivity contribution in [3.63, 3.8) is 0 Å². The number of amides is 1. The van der Waals surface area contributed by atoms with E-state index in [0.29, 0.717) is 5.95 Å². The van der Waals surface area contributed by atoms with E-state index in [0.717, 1.165) is 44.4 Å². The second-order valence-electron chi connectivity index (χ2n) is 6.06. The summed E-state index contributed by atoms with van der Waals surface area (Å²) in [5.74, 6) is 2.32. The zero-order chi connectivity index (χ0) is 13.5. The first kappa shape index (κ1) is 12.1. The first-order valence-electron chi connectivity index (χ1n) is 7.54. The lowest BCUT2D eigenvalue weighted by Crippen LogP contribution is -2.41. The molecule has 20 heavy (non-hydrogen) atoms. The van der Waals surface area contributed by atoms with Crippen LogP contribution in [0.5, 0.6) is 0 Å². The Labute approximate surface area is 117 Å². The van der Waals surface area contributed by atoms with Crippen LogP contribution in [0, 0.1) is 11.8 Å². The van der Waals surface area contributed by atoms with Crippen molar-refractivity contribution in [3.8, 4) is 0 Å². The molecule has 2 aliphatic heterocycles. The summed E-state index contributed by atoms with van der Waals surface area (Å²) in [7, 11) is 0. The van der Waals surface area contributed by atoms with Crippen LogP contribution in [-0.2, 0) is 6.54 Å². The summed E-state index contributed by atoms with van der Waals surface area (Å²) in [6.07, 6.45) is 4.97. The highest BCUT2D eigenvalue weighted by Crippen LogP contribution is 2.36. The first-order valence-corrected chi connectivity index (χ1v) is 7.54. The Bertz CT molecular complexity index is 491. The van der Waals surface area contributed by atoms with E-state index in [2.05, 4.69) is 20.8 Å². The lowest BCUT2D eigenvalue weighted by atomic mass is 10.0. The van der Waals surface area contributed by atoms with Crippen LogP contribution >= 0.6 is 0 Å². The maximum atomic E-state index is 12.2. The number of nitrogens with zero attached hydrogens (tertiary/aromatic N) is 4. The molecule has 0 spiro atoms. The van der Waals surface area contributed by atoms with Crippen LogP contribution in [0.15, 0.2) is 0 Å². The van der Waals surface area contributed by atoms with Gasteiger partial charge in [0.25, 0.3) is 0 Å². The molecule has 2 N–H and O–H groups in total. The largest absolute Gasteiger partial charge is 0.354 e. The van der Waals surface area contributed by atoms with E-state index in [-0.39, 0.29) is 11.7 Å². The van der Waals surface area contributed by atoms with Gasteiger partial charge in [-0.25, -0.2) is 9.69 Å². The fourth-order valence-corrected chi connectivity index (χ4v) is 3.67. The molecule has 1 amide bonds. The summed E-state index contributed by atoms with van der Waals surface area (Å²) in [5.41, 5.74) is 2.96. The normalized spacial score (nSPS) is 28.8. The SMILES string of the molecule is O=C(NN1CC2CCCC2C1)c1nc2n(n1)CCCN2. The van der Waals surface area contributed by atoms with Gasteiger partial charge >= 0.3 is 5.91 Å². The molecule has 7 heteroatoms. The number of fused-ring (bicyclic) bond motifs is 2. The number of hydrogen-bond acceptors (Lipinski definition) is 5. The van der Waals surface area contributed by atoms with E-state index in [9.17, 15) is 4.79 Å². The minimum atomic E-state index is -0.186. The van der Waals surface area contributed by atoms with Crippen molar-refractivity contribution in [1.29, 1.82) is 0 Å². The zero-order valence-corrected chi connectivity index (χ0v) is 11.5. The Morgan fingerprint density at radius 2 is 2.05 bits per heavy atom. The quantitative estimate of drug-likeness (QED) is 0.821. The molecule has 1 aliphatic carbocycles. The summed E-state index contributed by atoms with van der Waals surface area (Å²) in [6.45, 7) is 3.68. The Morgan fingerprint density at radius 3 is 2.80 bits per heavy atom. The van der Waals surface area contributed by atoms with Crippen LogP contribution in [0.4, 0.5) is 5.95 Å². The molecule has 2 unspecified atom stereocenters. The van der Waals surface area contributed by atoms with Gasteiger partial charge in [-0.1, -0.05) is 6.42 Å². The first-order chi connectivity index (χ1) is 9.79. The maximum absolute atomic E-state index is 12.2. The molecule has 4 rings (SSSR count). The highest BCUT2D eigenvalue weighted by atomic mass is 16.2. The number of aromatic nitrogens is 3. The molecule has 1 saturated heterocycles. The molecule has 0 bridgehead atoms. The van der Waals surface area contributed by atoms with E-state index in [1.807, 2.05) is 5.01 Å². The monoisotopic (exact) mass is 276 g/mol. The second-order valence-corrected chi connectivity index (χ2v) is 6.06. The lowest BCUT2D eigenvalue weighted by Gasteiger charge is -2.16. The highest BCUT2D eigenvalue weighted by Gasteiger charge is 2.37. The van der Waals surface area contributed by atoms with Crippen LogP contribution in [0.25, 0.3) is 0 Å². The molecule has 1 aromatic heterocycles. The van der Waals surface area contributed by atoms with Gasteiger partial charge in [0.2, 0.25) is 11.8 Å². The molecular weight excluding hydrogens is 256 g/mol. The van der Waals surface area contributed by atoms with Gasteiger partial charge in [0.05, 0.1) is 0 Å². The summed E-state index contributed by atoms with van der Waals surface area (Å²) in [6, 6.07) is 0. The average Bonchev–Trinajstić information content (AvgIpc) is 3.10. The molecule has 7 nitrogen and oxygen atoms in total. The van der Waals surface area contributed by atoms with Gasteiger partial charge in [-0.15, -0.1) is 5.10 Å². The Balaban J connectivity index is 1.41. The number of carbonyl (C=O) groups excluding carboxylic acids is 1. The molecule has 108 valence electrons. The van der Waals surface area contributed by atoms with Crippen LogP contribution < -0.4 is 10.7 Å². The molecule has 3 aliphatic rings. The van der Waals surface area contributed by atoms with E-state index >= 15 is 0 Å².